The van der Waals surface area contributed by atoms with Crippen LogP contribution in [0, 0.1) is 0 Å². The van der Waals surface area contributed by atoms with E-state index in [1.807, 2.05) is 20.8 Å². The van der Waals surface area contributed by atoms with Crippen molar-refractivity contribution in [2.24, 2.45) is 0 Å². The first-order valence-electron chi connectivity index (χ1n) is 5.72. The van der Waals surface area contributed by atoms with E-state index in [4.69, 9.17) is 5.11 Å². The van der Waals surface area contributed by atoms with Crippen LogP contribution in [0.3, 0.4) is 0 Å². The maximum Gasteiger partial charge on any atom is 0.317 e. The molecule has 7 heteroatoms. The van der Waals surface area contributed by atoms with Crippen LogP contribution in [0.25, 0.3) is 0 Å². The number of amides is 2. The number of urea groups is 1. The summed E-state index contributed by atoms with van der Waals surface area (Å²) in [6, 6.07) is -0.325. The Kier molecular flexibility index (Phi) is 6.90. The number of carboxylic acids is 1. The van der Waals surface area contributed by atoms with Gasteiger partial charge in [0.15, 0.2) is 0 Å². The molecule has 0 aliphatic rings. The zero-order valence-electron chi connectivity index (χ0n) is 11.4. The first kappa shape index (κ1) is 16.9. The lowest BCUT2D eigenvalue weighted by Crippen LogP contribution is -2.51. The number of carbonyl (C=O) groups is 2. The molecular weight excluding hydrogens is 256 g/mol. The molecule has 0 aromatic rings. The number of aliphatic carboxylic acids is 1. The highest BCUT2D eigenvalue weighted by Gasteiger charge is 2.26. The van der Waals surface area contributed by atoms with E-state index < -0.39 is 22.3 Å². The maximum absolute atomic E-state index is 11.9. The van der Waals surface area contributed by atoms with E-state index in [1.165, 1.54) is 4.90 Å². The Hall–Kier alpha value is -1.11. The van der Waals surface area contributed by atoms with Crippen molar-refractivity contribution in [3.8, 4) is 0 Å². The van der Waals surface area contributed by atoms with Crippen LogP contribution in [0.5, 0.6) is 0 Å². The lowest BCUT2D eigenvalue weighted by Gasteiger charge is -2.35. The molecule has 0 rings (SSSR count). The summed E-state index contributed by atoms with van der Waals surface area (Å²) in [7, 11) is -0.955. The van der Waals surface area contributed by atoms with Gasteiger partial charge in [-0.05, 0) is 20.8 Å². The zero-order valence-corrected chi connectivity index (χ0v) is 12.2. The Bertz CT molecular complexity index is 325. The Morgan fingerprint density at radius 3 is 2.28 bits per heavy atom. The van der Waals surface area contributed by atoms with Gasteiger partial charge in [-0.2, -0.15) is 0 Å². The quantitative estimate of drug-likeness (QED) is 0.747. The minimum Gasteiger partial charge on any atom is -0.481 e. The van der Waals surface area contributed by atoms with Crippen LogP contribution in [-0.4, -0.2) is 56.9 Å². The van der Waals surface area contributed by atoms with E-state index in [1.54, 1.807) is 6.26 Å². The van der Waals surface area contributed by atoms with Crippen LogP contribution in [0.4, 0.5) is 4.79 Å². The first-order chi connectivity index (χ1) is 8.14. The monoisotopic (exact) mass is 278 g/mol. The lowest BCUT2D eigenvalue weighted by atomic mass is 10.1. The van der Waals surface area contributed by atoms with Gasteiger partial charge in [-0.1, -0.05) is 0 Å². The van der Waals surface area contributed by atoms with Gasteiger partial charge in [0.05, 0.1) is 6.42 Å². The third kappa shape index (κ3) is 7.26. The van der Waals surface area contributed by atoms with E-state index in [0.29, 0.717) is 12.3 Å². The number of nitrogens with zero attached hydrogens (tertiary/aromatic N) is 1. The van der Waals surface area contributed by atoms with Crippen molar-refractivity contribution >= 4 is 22.8 Å². The van der Waals surface area contributed by atoms with Crippen LogP contribution in [-0.2, 0) is 15.6 Å². The Labute approximate surface area is 110 Å². The van der Waals surface area contributed by atoms with Crippen LogP contribution in [0.2, 0.25) is 0 Å². The molecule has 0 aromatic carbocycles. The van der Waals surface area contributed by atoms with Crippen molar-refractivity contribution in [2.75, 3.05) is 25.1 Å². The van der Waals surface area contributed by atoms with Crippen LogP contribution in [0.15, 0.2) is 0 Å². The fraction of sp³-hybridized carbons (Fsp3) is 0.818. The first-order valence-corrected chi connectivity index (χ1v) is 7.44. The summed E-state index contributed by atoms with van der Waals surface area (Å²) in [5.74, 6) is -0.547. The van der Waals surface area contributed by atoms with Crippen molar-refractivity contribution in [1.29, 1.82) is 0 Å². The fourth-order valence-corrected chi connectivity index (χ4v) is 1.74. The van der Waals surface area contributed by atoms with E-state index in [2.05, 4.69) is 5.32 Å². The average Bonchev–Trinajstić information content (AvgIpc) is 2.14. The summed E-state index contributed by atoms with van der Waals surface area (Å²) >= 11 is 0. The summed E-state index contributed by atoms with van der Waals surface area (Å²) < 4.78 is 10.9. The highest BCUT2D eigenvalue weighted by atomic mass is 32.2. The van der Waals surface area contributed by atoms with Gasteiger partial charge in [0.2, 0.25) is 0 Å². The molecule has 0 bridgehead atoms. The van der Waals surface area contributed by atoms with Gasteiger partial charge < -0.3 is 15.3 Å². The van der Waals surface area contributed by atoms with Gasteiger partial charge in [0, 0.05) is 41.4 Å². The van der Waals surface area contributed by atoms with Gasteiger partial charge >= 0.3 is 12.0 Å². The van der Waals surface area contributed by atoms with Gasteiger partial charge in [-0.3, -0.25) is 9.00 Å². The number of carbonyl (C=O) groups excluding carboxylic acids is 1. The minimum absolute atomic E-state index is 0.0929. The second-order valence-electron chi connectivity index (χ2n) is 4.98. The predicted molar refractivity (Wildman–Crippen MR) is 71.0 cm³/mol. The molecule has 0 saturated carbocycles. The zero-order chi connectivity index (χ0) is 14.3. The molecule has 6 nitrogen and oxygen atoms in total. The number of hydrogen-bond donors (Lipinski definition) is 2. The Morgan fingerprint density at radius 2 is 1.89 bits per heavy atom. The van der Waals surface area contributed by atoms with Crippen molar-refractivity contribution in [1.82, 2.24) is 10.2 Å². The summed E-state index contributed by atoms with van der Waals surface area (Å²) in [5, 5.41) is 11.3. The van der Waals surface area contributed by atoms with E-state index in [9.17, 15) is 13.8 Å². The van der Waals surface area contributed by atoms with Crippen LogP contribution >= 0.6 is 0 Å². The van der Waals surface area contributed by atoms with Gasteiger partial charge in [0.1, 0.15) is 0 Å². The Morgan fingerprint density at radius 1 is 1.33 bits per heavy atom. The summed E-state index contributed by atoms with van der Waals surface area (Å²) in [5.41, 5.74) is -0.453. The molecule has 0 saturated heterocycles. The second kappa shape index (κ2) is 7.35. The molecular formula is C11H22N2O4S. The second-order valence-corrected chi connectivity index (χ2v) is 6.53. The van der Waals surface area contributed by atoms with Gasteiger partial charge in [-0.25, -0.2) is 4.79 Å². The molecule has 1 atom stereocenters. The van der Waals surface area contributed by atoms with Crippen molar-refractivity contribution < 1.29 is 18.9 Å². The van der Waals surface area contributed by atoms with Crippen LogP contribution in [0.1, 0.15) is 27.2 Å². The third-order valence-electron chi connectivity index (χ3n) is 2.27. The molecule has 2 amide bonds. The van der Waals surface area contributed by atoms with Crippen molar-refractivity contribution in [3.05, 3.63) is 0 Å². The normalized spacial score (nSPS) is 12.9. The molecule has 106 valence electrons. The molecule has 0 radical (unpaired) electrons. The minimum atomic E-state index is -0.955. The fourth-order valence-electron chi connectivity index (χ4n) is 1.35. The number of hydrogen-bond acceptors (Lipinski definition) is 3. The van der Waals surface area contributed by atoms with Gasteiger partial charge in [0.25, 0.3) is 0 Å². The standard InChI is InChI=1S/C11H22N2O4S/c1-11(2,3)13(7-5-9(14)15)10(16)12-6-8-18(4)17/h5-8H2,1-4H3,(H,12,16)(H,14,15). The smallest absolute Gasteiger partial charge is 0.317 e. The van der Waals surface area contributed by atoms with Crippen molar-refractivity contribution in [3.63, 3.8) is 0 Å². The van der Waals surface area contributed by atoms with E-state index >= 15 is 0 Å². The molecule has 0 heterocycles. The number of carboxylic acid groups (broad SMARTS) is 1. The lowest BCUT2D eigenvalue weighted by molar-refractivity contribution is -0.137. The number of nitrogens with one attached hydrogen (secondary N) is 1. The molecule has 0 aliphatic carbocycles. The SMILES string of the molecule is CS(=O)CCNC(=O)N(CCC(=O)O)C(C)(C)C. The molecule has 0 aliphatic heterocycles. The topological polar surface area (TPSA) is 86.7 Å². The summed E-state index contributed by atoms with van der Waals surface area (Å²) in [4.78, 5) is 23.9. The van der Waals surface area contributed by atoms with E-state index in [-0.39, 0.29) is 19.0 Å². The molecule has 0 fully saturated rings. The average molecular weight is 278 g/mol. The molecule has 0 spiro atoms. The molecule has 18 heavy (non-hydrogen) atoms. The predicted octanol–water partition coefficient (Wildman–Crippen LogP) is 0.650. The highest BCUT2D eigenvalue weighted by Crippen LogP contribution is 2.13. The van der Waals surface area contributed by atoms with Gasteiger partial charge in [-0.15, -0.1) is 0 Å². The number of rotatable bonds is 6. The summed E-state index contributed by atoms with van der Waals surface area (Å²) in [6.45, 7) is 5.99. The third-order valence-corrected chi connectivity index (χ3v) is 3.05. The molecule has 1 unspecified atom stereocenters. The van der Waals surface area contributed by atoms with Crippen LogP contribution < -0.4 is 5.32 Å². The largest absolute Gasteiger partial charge is 0.481 e. The van der Waals surface area contributed by atoms with E-state index in [0.717, 1.165) is 0 Å². The summed E-state index contributed by atoms with van der Waals surface area (Å²) in [6.07, 6.45) is 1.47. The van der Waals surface area contributed by atoms with Crippen molar-refractivity contribution in [2.45, 2.75) is 32.7 Å². The molecule has 0 aromatic heterocycles. The Balaban J connectivity index is 4.41. The highest BCUT2D eigenvalue weighted by molar-refractivity contribution is 7.84. The maximum atomic E-state index is 11.9. The molecule has 2 N–H and O–H groups in total.